The number of thiazole rings is 1. The number of nitrogens with zero attached hydrogens (tertiary/aromatic N) is 3. The quantitative estimate of drug-likeness (QED) is 0.381. The van der Waals surface area contributed by atoms with Gasteiger partial charge in [-0.2, -0.15) is 0 Å². The molecule has 0 spiro atoms. The predicted octanol–water partition coefficient (Wildman–Crippen LogP) is 5.86. The Morgan fingerprint density at radius 1 is 1.11 bits per heavy atom. The average Bonchev–Trinajstić information content (AvgIpc) is 3.15. The average molecular weight is 452 g/mol. The zero-order chi connectivity index (χ0) is 19.5. The molecule has 0 saturated carbocycles. The molecule has 4 rings (SSSR count). The minimum absolute atomic E-state index is 0.0956. The zero-order valence-corrected chi connectivity index (χ0v) is 17.7. The van der Waals surface area contributed by atoms with Crippen molar-refractivity contribution in [1.82, 2.24) is 9.97 Å². The lowest BCUT2D eigenvalue weighted by atomic mass is 10.2. The maximum Gasteiger partial charge on any atom is 0.260 e. The van der Waals surface area contributed by atoms with Crippen LogP contribution in [0.3, 0.4) is 0 Å². The van der Waals surface area contributed by atoms with Gasteiger partial charge < -0.3 is 0 Å². The van der Waals surface area contributed by atoms with Crippen LogP contribution in [-0.2, 0) is 13.0 Å². The molecule has 0 aliphatic rings. The van der Waals surface area contributed by atoms with Crippen LogP contribution >= 0.6 is 27.3 Å². The van der Waals surface area contributed by atoms with Crippen LogP contribution in [0, 0.1) is 0 Å². The number of benzene rings is 2. The van der Waals surface area contributed by atoms with E-state index >= 15 is 0 Å². The molecular weight excluding hydrogens is 434 g/mol. The summed E-state index contributed by atoms with van der Waals surface area (Å²) in [5.41, 5.74) is 3.60. The Morgan fingerprint density at radius 3 is 2.75 bits per heavy atom. The molecule has 140 valence electrons. The lowest BCUT2D eigenvalue weighted by Crippen LogP contribution is -2.30. The van der Waals surface area contributed by atoms with Gasteiger partial charge >= 0.3 is 0 Å². The Bertz CT molecular complexity index is 1130. The number of rotatable bonds is 5. The van der Waals surface area contributed by atoms with Crippen LogP contribution in [0.2, 0.25) is 0 Å². The van der Waals surface area contributed by atoms with Crippen LogP contribution in [0.5, 0.6) is 0 Å². The summed E-state index contributed by atoms with van der Waals surface area (Å²) < 4.78 is 1.95. The second-order valence-electron chi connectivity index (χ2n) is 6.37. The molecule has 0 N–H and O–H groups in total. The first-order valence-corrected chi connectivity index (χ1v) is 10.6. The van der Waals surface area contributed by atoms with E-state index < -0.39 is 0 Å². The summed E-state index contributed by atoms with van der Waals surface area (Å²) in [7, 11) is 0. The van der Waals surface area contributed by atoms with Crippen molar-refractivity contribution in [2.24, 2.45) is 0 Å². The van der Waals surface area contributed by atoms with E-state index in [1.54, 1.807) is 11.1 Å². The first-order valence-electron chi connectivity index (χ1n) is 9.01. The van der Waals surface area contributed by atoms with Gasteiger partial charge in [0.15, 0.2) is 5.13 Å². The fraction of sp³-hybridized carbons (Fsp3) is 0.136. The van der Waals surface area contributed by atoms with Gasteiger partial charge in [0.1, 0.15) is 0 Å². The lowest BCUT2D eigenvalue weighted by Gasteiger charge is -2.19. The van der Waals surface area contributed by atoms with Gasteiger partial charge in [0.05, 0.1) is 22.5 Å². The summed E-state index contributed by atoms with van der Waals surface area (Å²) in [4.78, 5) is 24.2. The van der Waals surface area contributed by atoms with Crippen LogP contribution in [0.15, 0.2) is 71.3 Å². The Balaban J connectivity index is 1.77. The molecular formula is C22H18BrN3OS. The minimum atomic E-state index is -0.0956. The van der Waals surface area contributed by atoms with Gasteiger partial charge in [0, 0.05) is 16.2 Å². The third kappa shape index (κ3) is 3.98. The van der Waals surface area contributed by atoms with Gasteiger partial charge in [0.2, 0.25) is 0 Å². The number of hydrogen-bond acceptors (Lipinski definition) is 4. The number of carbonyl (C=O) groups is 1. The Kier molecular flexibility index (Phi) is 5.50. The number of halogens is 1. The second kappa shape index (κ2) is 8.20. The summed E-state index contributed by atoms with van der Waals surface area (Å²) in [6, 6.07) is 19.4. The third-order valence-electron chi connectivity index (χ3n) is 4.44. The molecule has 4 nitrogen and oxygen atoms in total. The molecule has 0 radical (unpaired) electrons. The highest BCUT2D eigenvalue weighted by molar-refractivity contribution is 9.10. The molecule has 0 unspecified atom stereocenters. The van der Waals surface area contributed by atoms with Crippen molar-refractivity contribution in [3.8, 4) is 0 Å². The molecule has 28 heavy (non-hydrogen) atoms. The van der Waals surface area contributed by atoms with E-state index in [2.05, 4.69) is 40.0 Å². The molecule has 0 atom stereocenters. The fourth-order valence-electron chi connectivity index (χ4n) is 2.95. The van der Waals surface area contributed by atoms with Crippen LogP contribution in [0.4, 0.5) is 5.13 Å². The number of hydrogen-bond donors (Lipinski definition) is 0. The van der Waals surface area contributed by atoms with E-state index in [0.717, 1.165) is 26.8 Å². The number of amides is 1. The summed E-state index contributed by atoms with van der Waals surface area (Å²) in [5, 5.41) is 0.680. The number of anilines is 1. The lowest BCUT2D eigenvalue weighted by molar-refractivity contribution is 0.0984. The molecule has 4 aromatic rings. The second-order valence-corrected chi connectivity index (χ2v) is 8.30. The van der Waals surface area contributed by atoms with Crippen molar-refractivity contribution in [3.05, 3.63) is 88.2 Å². The molecule has 0 fully saturated rings. The zero-order valence-electron chi connectivity index (χ0n) is 15.3. The fourth-order valence-corrected chi connectivity index (χ4v) is 4.38. The van der Waals surface area contributed by atoms with E-state index in [0.29, 0.717) is 17.2 Å². The molecule has 0 bridgehead atoms. The Labute approximate surface area is 176 Å². The van der Waals surface area contributed by atoms with E-state index in [1.165, 1.54) is 16.9 Å². The molecule has 6 heteroatoms. The highest BCUT2D eigenvalue weighted by Crippen LogP contribution is 2.31. The van der Waals surface area contributed by atoms with E-state index in [1.807, 2.05) is 48.5 Å². The highest BCUT2D eigenvalue weighted by Gasteiger charge is 2.22. The minimum Gasteiger partial charge on any atom is -0.278 e. The highest BCUT2D eigenvalue weighted by atomic mass is 79.9. The van der Waals surface area contributed by atoms with E-state index in [9.17, 15) is 4.79 Å². The number of aryl methyl sites for hydroxylation is 1. The first-order chi connectivity index (χ1) is 13.6. The molecule has 0 aliphatic carbocycles. The third-order valence-corrected chi connectivity index (χ3v) is 5.98. The molecule has 0 aliphatic heterocycles. The maximum atomic E-state index is 13.3. The van der Waals surface area contributed by atoms with Crippen molar-refractivity contribution >= 4 is 48.5 Å². The Hall–Kier alpha value is -2.57. The molecule has 1 amide bonds. The van der Waals surface area contributed by atoms with Crippen molar-refractivity contribution in [3.63, 3.8) is 0 Å². The van der Waals surface area contributed by atoms with Gasteiger partial charge in [-0.1, -0.05) is 52.4 Å². The maximum absolute atomic E-state index is 13.3. The first kappa shape index (κ1) is 18.8. The number of aromatic nitrogens is 2. The van der Waals surface area contributed by atoms with Gasteiger partial charge in [-0.3, -0.25) is 14.7 Å². The summed E-state index contributed by atoms with van der Waals surface area (Å²) >= 11 is 4.99. The van der Waals surface area contributed by atoms with E-state index in [-0.39, 0.29) is 5.91 Å². The summed E-state index contributed by atoms with van der Waals surface area (Å²) in [6.45, 7) is 2.50. The standard InChI is InChI=1S/C22H18BrN3OS/c1-2-15-9-10-19-20(12-15)28-22(25-19)26(14-18-8-3-4-11-24-18)21(27)16-6-5-7-17(23)13-16/h3-13H,2,14H2,1H3. The van der Waals surface area contributed by atoms with E-state index in [4.69, 9.17) is 4.98 Å². The molecule has 2 aromatic heterocycles. The largest absolute Gasteiger partial charge is 0.278 e. The summed E-state index contributed by atoms with van der Waals surface area (Å²) in [6.07, 6.45) is 2.71. The smallest absolute Gasteiger partial charge is 0.260 e. The molecule has 0 saturated heterocycles. The van der Waals surface area contributed by atoms with Crippen LogP contribution in [-0.4, -0.2) is 15.9 Å². The number of fused-ring (bicyclic) bond motifs is 1. The summed E-state index contributed by atoms with van der Waals surface area (Å²) in [5.74, 6) is -0.0956. The van der Waals surface area contributed by atoms with Crippen LogP contribution < -0.4 is 4.90 Å². The molecule has 2 aromatic carbocycles. The van der Waals surface area contributed by atoms with Crippen molar-refractivity contribution < 1.29 is 4.79 Å². The predicted molar refractivity (Wildman–Crippen MR) is 118 cm³/mol. The topological polar surface area (TPSA) is 46.1 Å². The van der Waals surface area contributed by atoms with Crippen molar-refractivity contribution in [1.29, 1.82) is 0 Å². The SMILES string of the molecule is CCc1ccc2nc(N(Cc3ccccn3)C(=O)c3cccc(Br)c3)sc2c1. The van der Waals surface area contributed by atoms with Gasteiger partial charge in [-0.15, -0.1) is 0 Å². The van der Waals surface area contributed by atoms with Crippen LogP contribution in [0.25, 0.3) is 10.2 Å². The van der Waals surface area contributed by atoms with Crippen LogP contribution in [0.1, 0.15) is 28.5 Å². The van der Waals surface area contributed by atoms with Crippen molar-refractivity contribution in [2.75, 3.05) is 4.90 Å². The number of carbonyl (C=O) groups excluding carboxylic acids is 1. The van der Waals surface area contributed by atoms with Gasteiger partial charge in [0.25, 0.3) is 5.91 Å². The van der Waals surface area contributed by atoms with Gasteiger partial charge in [-0.25, -0.2) is 4.98 Å². The Morgan fingerprint density at radius 2 is 2.00 bits per heavy atom. The normalized spacial score (nSPS) is 10.9. The monoisotopic (exact) mass is 451 g/mol. The molecule has 2 heterocycles. The van der Waals surface area contributed by atoms with Gasteiger partial charge in [-0.05, 0) is 54.4 Å². The number of pyridine rings is 1. The van der Waals surface area contributed by atoms with Crippen molar-refractivity contribution in [2.45, 2.75) is 19.9 Å².